The van der Waals surface area contributed by atoms with Crippen molar-refractivity contribution in [1.82, 2.24) is 19.4 Å². The second-order valence-corrected chi connectivity index (χ2v) is 9.35. The van der Waals surface area contributed by atoms with E-state index >= 15 is 0 Å². The standard InChI is InChI=1S/C30H34F3N5/c1-5-8-11-21(16-23(7-3)30(31,32)33)26-19-38-27(20(4)6-2)18-36-29(38)28(37-26)34-15-14-22-17-35-25-13-10-9-12-24(22)25/h7-13,16-20,35H,5-6,14-15H2,1-4H3,(H,34,37)/b11-8+,21-16+,23-7+. The number of aromatic nitrogens is 4. The third kappa shape index (κ3) is 5.85. The molecule has 0 saturated heterocycles. The lowest BCUT2D eigenvalue weighted by molar-refractivity contribution is -0.0882. The monoisotopic (exact) mass is 521 g/mol. The first-order valence-electron chi connectivity index (χ1n) is 13.1. The molecule has 0 fully saturated rings. The molecule has 0 aliphatic carbocycles. The number of para-hydroxylation sites is 1. The number of anilines is 1. The molecule has 3 aromatic heterocycles. The van der Waals surface area contributed by atoms with Crippen LogP contribution in [0.15, 0.2) is 72.7 Å². The minimum absolute atomic E-state index is 0.221. The van der Waals surface area contributed by atoms with Crippen LogP contribution in [0.1, 0.15) is 63.4 Å². The average Bonchev–Trinajstić information content (AvgIpc) is 3.52. The van der Waals surface area contributed by atoms with Crippen LogP contribution in [0.3, 0.4) is 0 Å². The van der Waals surface area contributed by atoms with E-state index in [1.807, 2.05) is 48.0 Å². The number of alkyl halides is 3. The van der Waals surface area contributed by atoms with Crippen LogP contribution in [0.5, 0.6) is 0 Å². The van der Waals surface area contributed by atoms with Gasteiger partial charge in [-0.1, -0.05) is 57.2 Å². The van der Waals surface area contributed by atoms with E-state index in [0.717, 1.165) is 36.2 Å². The Labute approximate surface area is 221 Å². The second kappa shape index (κ2) is 11.7. The summed E-state index contributed by atoms with van der Waals surface area (Å²) in [6.45, 7) is 8.14. The minimum atomic E-state index is -4.46. The number of hydrogen-bond acceptors (Lipinski definition) is 3. The van der Waals surface area contributed by atoms with E-state index in [9.17, 15) is 13.2 Å². The number of benzene rings is 1. The molecule has 4 rings (SSSR count). The molecule has 8 heteroatoms. The number of rotatable bonds is 10. The molecule has 0 amide bonds. The van der Waals surface area contributed by atoms with Crippen molar-refractivity contribution in [1.29, 1.82) is 0 Å². The molecular weight excluding hydrogens is 487 g/mol. The zero-order valence-electron chi connectivity index (χ0n) is 22.2. The summed E-state index contributed by atoms with van der Waals surface area (Å²) in [5.74, 6) is 0.765. The summed E-state index contributed by atoms with van der Waals surface area (Å²) < 4.78 is 42.9. The van der Waals surface area contributed by atoms with Gasteiger partial charge in [0, 0.05) is 47.3 Å². The van der Waals surface area contributed by atoms with Crippen LogP contribution < -0.4 is 5.32 Å². The maximum Gasteiger partial charge on any atom is 0.416 e. The molecule has 3 heterocycles. The minimum Gasteiger partial charge on any atom is -0.367 e. The van der Waals surface area contributed by atoms with Crippen molar-refractivity contribution in [2.45, 2.75) is 59.1 Å². The van der Waals surface area contributed by atoms with Crippen molar-refractivity contribution in [3.05, 3.63) is 89.7 Å². The van der Waals surface area contributed by atoms with Gasteiger partial charge in [0.25, 0.3) is 0 Å². The molecule has 0 saturated carbocycles. The van der Waals surface area contributed by atoms with Gasteiger partial charge in [-0.25, -0.2) is 9.97 Å². The summed E-state index contributed by atoms with van der Waals surface area (Å²) in [4.78, 5) is 12.7. The number of nitrogens with zero attached hydrogens (tertiary/aromatic N) is 3. The number of imidazole rings is 1. The van der Waals surface area contributed by atoms with Gasteiger partial charge in [0.1, 0.15) is 0 Å². The molecule has 0 bridgehead atoms. The van der Waals surface area contributed by atoms with Crippen LogP contribution in [0.2, 0.25) is 0 Å². The van der Waals surface area contributed by atoms with Crippen LogP contribution in [0, 0.1) is 0 Å². The first-order valence-corrected chi connectivity index (χ1v) is 13.1. The molecule has 1 atom stereocenters. The normalized spacial score (nSPS) is 14.2. The highest BCUT2D eigenvalue weighted by molar-refractivity contribution is 5.83. The SMILES string of the molecule is C\C=C(/C=C(\C=C\CC)c1cn2c(C(C)CC)cnc2c(NCCc2c[nH]c3ccccc23)n1)C(F)(F)F. The fraction of sp³-hybridized carbons (Fsp3) is 0.333. The highest BCUT2D eigenvalue weighted by Crippen LogP contribution is 2.31. The molecular formula is C30H34F3N5. The Hall–Kier alpha value is -3.81. The maximum absolute atomic E-state index is 13.6. The predicted octanol–water partition coefficient (Wildman–Crippen LogP) is 8.24. The summed E-state index contributed by atoms with van der Waals surface area (Å²) in [6, 6.07) is 8.14. The van der Waals surface area contributed by atoms with Gasteiger partial charge < -0.3 is 10.3 Å². The van der Waals surface area contributed by atoms with Crippen LogP contribution >= 0.6 is 0 Å². The largest absolute Gasteiger partial charge is 0.416 e. The summed E-state index contributed by atoms with van der Waals surface area (Å²) in [7, 11) is 0. The topological polar surface area (TPSA) is 58.0 Å². The number of allylic oxidation sites excluding steroid dienone is 6. The molecule has 0 radical (unpaired) electrons. The maximum atomic E-state index is 13.6. The number of fused-ring (bicyclic) bond motifs is 2. The Balaban J connectivity index is 1.76. The van der Waals surface area contributed by atoms with Crippen LogP contribution in [-0.2, 0) is 6.42 Å². The first-order chi connectivity index (χ1) is 18.3. The van der Waals surface area contributed by atoms with E-state index in [-0.39, 0.29) is 5.92 Å². The highest BCUT2D eigenvalue weighted by atomic mass is 19.4. The van der Waals surface area contributed by atoms with Crippen molar-refractivity contribution in [3.8, 4) is 0 Å². The van der Waals surface area contributed by atoms with Crippen LogP contribution in [0.4, 0.5) is 19.0 Å². The fourth-order valence-corrected chi connectivity index (χ4v) is 4.44. The molecule has 1 aromatic carbocycles. The van der Waals surface area contributed by atoms with Crippen molar-refractivity contribution in [2.75, 3.05) is 11.9 Å². The average molecular weight is 522 g/mol. The second-order valence-electron chi connectivity index (χ2n) is 9.35. The van der Waals surface area contributed by atoms with Crippen molar-refractivity contribution >= 4 is 27.9 Å². The van der Waals surface area contributed by atoms with Gasteiger partial charge in [-0.05, 0) is 49.8 Å². The molecule has 2 N–H and O–H groups in total. The highest BCUT2D eigenvalue weighted by Gasteiger charge is 2.31. The molecule has 0 aliphatic rings. The van der Waals surface area contributed by atoms with Gasteiger partial charge in [0.15, 0.2) is 11.5 Å². The Kier molecular flexibility index (Phi) is 8.39. The summed E-state index contributed by atoms with van der Waals surface area (Å²) in [5.41, 5.74) is 4.04. The lowest BCUT2D eigenvalue weighted by Crippen LogP contribution is -2.12. The summed E-state index contributed by atoms with van der Waals surface area (Å²) >= 11 is 0. The van der Waals surface area contributed by atoms with E-state index in [0.29, 0.717) is 35.7 Å². The number of aromatic amines is 1. The van der Waals surface area contributed by atoms with E-state index in [2.05, 4.69) is 35.2 Å². The van der Waals surface area contributed by atoms with Crippen molar-refractivity contribution < 1.29 is 13.2 Å². The number of H-pyrrole nitrogens is 1. The Morgan fingerprint density at radius 3 is 2.71 bits per heavy atom. The van der Waals surface area contributed by atoms with E-state index < -0.39 is 11.7 Å². The van der Waals surface area contributed by atoms with Gasteiger partial charge in [-0.2, -0.15) is 13.2 Å². The fourth-order valence-electron chi connectivity index (χ4n) is 4.44. The Morgan fingerprint density at radius 2 is 2.00 bits per heavy atom. The van der Waals surface area contributed by atoms with Gasteiger partial charge in [-0.15, -0.1) is 0 Å². The van der Waals surface area contributed by atoms with Crippen LogP contribution in [0.25, 0.3) is 22.1 Å². The molecule has 38 heavy (non-hydrogen) atoms. The number of halogens is 3. The number of nitrogens with one attached hydrogen (secondary N) is 2. The Morgan fingerprint density at radius 1 is 1.21 bits per heavy atom. The van der Waals surface area contributed by atoms with Gasteiger partial charge in [0.05, 0.1) is 11.3 Å². The zero-order chi connectivity index (χ0) is 27.3. The zero-order valence-corrected chi connectivity index (χ0v) is 22.2. The molecule has 4 aromatic rings. The quantitative estimate of drug-likeness (QED) is 0.207. The first kappa shape index (κ1) is 27.2. The molecule has 0 aliphatic heterocycles. The van der Waals surface area contributed by atoms with E-state index in [1.165, 1.54) is 17.9 Å². The van der Waals surface area contributed by atoms with Gasteiger partial charge in [-0.3, -0.25) is 4.40 Å². The van der Waals surface area contributed by atoms with E-state index in [4.69, 9.17) is 4.98 Å². The van der Waals surface area contributed by atoms with Gasteiger partial charge >= 0.3 is 6.18 Å². The lowest BCUT2D eigenvalue weighted by Gasteiger charge is -2.14. The molecule has 200 valence electrons. The molecule has 1 unspecified atom stereocenters. The lowest BCUT2D eigenvalue weighted by atomic mass is 10.1. The van der Waals surface area contributed by atoms with Crippen molar-refractivity contribution in [3.63, 3.8) is 0 Å². The summed E-state index contributed by atoms with van der Waals surface area (Å²) in [6.07, 6.45) is 9.32. The van der Waals surface area contributed by atoms with Crippen LogP contribution in [-0.4, -0.2) is 32.1 Å². The Bertz CT molecular complexity index is 1490. The van der Waals surface area contributed by atoms with Crippen molar-refractivity contribution in [2.24, 2.45) is 0 Å². The smallest absolute Gasteiger partial charge is 0.367 e. The summed E-state index contributed by atoms with van der Waals surface area (Å²) in [5, 5.41) is 4.58. The third-order valence-corrected chi connectivity index (χ3v) is 6.78. The van der Waals surface area contributed by atoms with E-state index in [1.54, 1.807) is 12.3 Å². The molecule has 0 spiro atoms. The third-order valence-electron chi connectivity index (χ3n) is 6.78. The molecule has 5 nitrogen and oxygen atoms in total. The van der Waals surface area contributed by atoms with Gasteiger partial charge in [0.2, 0.25) is 0 Å². The predicted molar refractivity (Wildman–Crippen MR) is 149 cm³/mol. The number of hydrogen-bond donors (Lipinski definition) is 2.